The van der Waals surface area contributed by atoms with Crippen LogP contribution in [-0.4, -0.2) is 25.2 Å². The Labute approximate surface area is 166 Å². The Morgan fingerprint density at radius 1 is 1.11 bits per heavy atom. The van der Waals surface area contributed by atoms with Gasteiger partial charge in [0.05, 0.1) is 38.0 Å². The summed E-state index contributed by atoms with van der Waals surface area (Å²) in [6.07, 6.45) is 0.0973. The minimum Gasteiger partial charge on any atom is -0.493 e. The van der Waals surface area contributed by atoms with Gasteiger partial charge in [-0.2, -0.15) is 5.26 Å². The molecule has 142 valence electrons. The lowest BCUT2D eigenvalue weighted by Crippen LogP contribution is -2.08. The molecule has 0 radical (unpaired) electrons. The summed E-state index contributed by atoms with van der Waals surface area (Å²) in [6, 6.07) is 14.5. The molecule has 0 atom stereocenters. The van der Waals surface area contributed by atoms with E-state index >= 15 is 0 Å². The molecule has 1 heterocycles. The van der Waals surface area contributed by atoms with Crippen LogP contribution in [0.3, 0.4) is 0 Å². The van der Waals surface area contributed by atoms with Crippen LogP contribution in [0.4, 0.5) is 0 Å². The molecule has 0 bridgehead atoms. The molecule has 7 heteroatoms. The average Bonchev–Trinajstić information content (AvgIpc) is 3.20. The van der Waals surface area contributed by atoms with E-state index in [0.717, 1.165) is 16.1 Å². The van der Waals surface area contributed by atoms with E-state index in [-0.39, 0.29) is 19.0 Å². The maximum atomic E-state index is 12.1. The van der Waals surface area contributed by atoms with Crippen molar-refractivity contribution in [3.63, 3.8) is 0 Å². The number of nitrogens with zero attached hydrogens (tertiary/aromatic N) is 2. The highest BCUT2D eigenvalue weighted by molar-refractivity contribution is 7.13. The molecule has 1 aromatic heterocycles. The van der Waals surface area contributed by atoms with Crippen molar-refractivity contribution >= 4 is 17.3 Å². The van der Waals surface area contributed by atoms with Gasteiger partial charge in [0, 0.05) is 10.9 Å². The fraction of sp³-hybridized carbons (Fsp3) is 0.190. The summed E-state index contributed by atoms with van der Waals surface area (Å²) < 4.78 is 15.9. The molecule has 0 fully saturated rings. The third-order valence-corrected chi connectivity index (χ3v) is 4.93. The lowest BCUT2D eigenvalue weighted by molar-refractivity contribution is -0.144. The van der Waals surface area contributed by atoms with Gasteiger partial charge in [-0.05, 0) is 35.9 Å². The van der Waals surface area contributed by atoms with Gasteiger partial charge in [-0.3, -0.25) is 4.79 Å². The topological polar surface area (TPSA) is 81.4 Å². The van der Waals surface area contributed by atoms with Crippen molar-refractivity contribution in [1.29, 1.82) is 5.26 Å². The number of ether oxygens (including phenoxy) is 3. The minimum absolute atomic E-state index is 0.0973. The molecule has 0 saturated heterocycles. The standard InChI is InChI=1S/C21H18N2O4S/c1-25-18-8-7-16(9-19(18)26-2)21-23-17(13-28-21)10-20(24)27-12-15-5-3-14(11-22)4-6-15/h3-9,13H,10,12H2,1-2H3. The van der Waals surface area contributed by atoms with Crippen molar-refractivity contribution in [2.45, 2.75) is 13.0 Å². The van der Waals surface area contributed by atoms with Gasteiger partial charge in [0.15, 0.2) is 11.5 Å². The second kappa shape index (κ2) is 9.02. The molecule has 2 aromatic carbocycles. The lowest BCUT2D eigenvalue weighted by atomic mass is 10.2. The molecule has 28 heavy (non-hydrogen) atoms. The Bertz CT molecular complexity index is 1010. The Hall–Kier alpha value is -3.37. The summed E-state index contributed by atoms with van der Waals surface area (Å²) in [7, 11) is 3.17. The third-order valence-electron chi connectivity index (χ3n) is 3.99. The number of hydrogen-bond acceptors (Lipinski definition) is 7. The summed E-state index contributed by atoms with van der Waals surface area (Å²) in [5.74, 6) is 0.918. The van der Waals surface area contributed by atoms with E-state index in [9.17, 15) is 4.79 Å². The fourth-order valence-corrected chi connectivity index (χ4v) is 3.34. The number of nitriles is 1. The molecular formula is C21H18N2O4S. The highest BCUT2D eigenvalue weighted by Gasteiger charge is 2.12. The molecule has 3 aromatic rings. The minimum atomic E-state index is -0.353. The smallest absolute Gasteiger partial charge is 0.312 e. The van der Waals surface area contributed by atoms with Gasteiger partial charge >= 0.3 is 5.97 Å². The predicted molar refractivity (Wildman–Crippen MR) is 105 cm³/mol. The van der Waals surface area contributed by atoms with Crippen molar-refractivity contribution in [2.24, 2.45) is 0 Å². The largest absolute Gasteiger partial charge is 0.493 e. The first-order valence-corrected chi connectivity index (χ1v) is 9.32. The van der Waals surface area contributed by atoms with Crippen LogP contribution in [0.15, 0.2) is 47.8 Å². The van der Waals surface area contributed by atoms with E-state index in [0.29, 0.717) is 22.8 Å². The summed E-state index contributed by atoms with van der Waals surface area (Å²) >= 11 is 1.45. The van der Waals surface area contributed by atoms with Crippen LogP contribution in [0.1, 0.15) is 16.8 Å². The van der Waals surface area contributed by atoms with E-state index in [4.69, 9.17) is 19.5 Å². The van der Waals surface area contributed by atoms with Gasteiger partial charge in [0.25, 0.3) is 0 Å². The molecular weight excluding hydrogens is 376 g/mol. The summed E-state index contributed by atoms with van der Waals surface area (Å²) in [5.41, 5.74) is 2.94. The van der Waals surface area contributed by atoms with Gasteiger partial charge in [-0.25, -0.2) is 4.98 Å². The number of benzene rings is 2. The Kier molecular flexibility index (Phi) is 6.25. The van der Waals surface area contributed by atoms with E-state index in [2.05, 4.69) is 11.1 Å². The molecule has 3 rings (SSSR count). The fourth-order valence-electron chi connectivity index (χ4n) is 2.53. The van der Waals surface area contributed by atoms with E-state index < -0.39 is 0 Å². The number of rotatable bonds is 7. The SMILES string of the molecule is COc1ccc(-c2nc(CC(=O)OCc3ccc(C#N)cc3)cs2)cc1OC. The van der Waals surface area contributed by atoms with Crippen LogP contribution in [0, 0.1) is 11.3 Å². The molecule has 0 amide bonds. The number of methoxy groups -OCH3 is 2. The zero-order chi connectivity index (χ0) is 19.9. The van der Waals surface area contributed by atoms with Crippen LogP contribution in [-0.2, 0) is 22.6 Å². The number of carbonyl (C=O) groups excluding carboxylic acids is 1. The molecule has 0 saturated carbocycles. The molecule has 6 nitrogen and oxygen atoms in total. The normalized spacial score (nSPS) is 10.2. The summed E-state index contributed by atoms with van der Waals surface area (Å²) in [5, 5.41) is 11.4. The predicted octanol–water partition coefficient (Wildman–Crippen LogP) is 3.98. The van der Waals surface area contributed by atoms with Crippen molar-refractivity contribution in [3.8, 4) is 28.1 Å². The van der Waals surface area contributed by atoms with Crippen LogP contribution in [0.5, 0.6) is 11.5 Å². The number of aromatic nitrogens is 1. The number of esters is 1. The first-order valence-electron chi connectivity index (χ1n) is 8.44. The maximum absolute atomic E-state index is 12.1. The van der Waals surface area contributed by atoms with E-state index in [1.807, 2.05) is 23.6 Å². The van der Waals surface area contributed by atoms with E-state index in [1.54, 1.807) is 38.5 Å². The van der Waals surface area contributed by atoms with Gasteiger partial charge in [-0.15, -0.1) is 11.3 Å². The molecule has 0 N–H and O–H groups in total. The lowest BCUT2D eigenvalue weighted by Gasteiger charge is -2.08. The van der Waals surface area contributed by atoms with Crippen molar-refractivity contribution in [3.05, 3.63) is 64.7 Å². The molecule has 0 aliphatic heterocycles. The number of thiazole rings is 1. The third kappa shape index (κ3) is 4.67. The number of hydrogen-bond donors (Lipinski definition) is 0. The van der Waals surface area contributed by atoms with Crippen LogP contribution in [0.2, 0.25) is 0 Å². The van der Waals surface area contributed by atoms with Gasteiger partial charge in [0.2, 0.25) is 0 Å². The zero-order valence-electron chi connectivity index (χ0n) is 15.5. The highest BCUT2D eigenvalue weighted by Crippen LogP contribution is 2.33. The molecule has 0 aliphatic rings. The summed E-state index contributed by atoms with van der Waals surface area (Å²) in [6.45, 7) is 0.164. The van der Waals surface area contributed by atoms with Crippen molar-refractivity contribution < 1.29 is 19.0 Å². The molecule has 0 unspecified atom stereocenters. The van der Waals surface area contributed by atoms with Crippen molar-refractivity contribution in [1.82, 2.24) is 4.98 Å². The molecule has 0 spiro atoms. The maximum Gasteiger partial charge on any atom is 0.312 e. The van der Waals surface area contributed by atoms with Crippen LogP contribution in [0.25, 0.3) is 10.6 Å². The Morgan fingerprint density at radius 3 is 2.54 bits per heavy atom. The summed E-state index contributed by atoms with van der Waals surface area (Å²) in [4.78, 5) is 16.6. The average molecular weight is 394 g/mol. The molecule has 0 aliphatic carbocycles. The van der Waals surface area contributed by atoms with Gasteiger partial charge in [-0.1, -0.05) is 12.1 Å². The van der Waals surface area contributed by atoms with E-state index in [1.165, 1.54) is 11.3 Å². The van der Waals surface area contributed by atoms with Crippen molar-refractivity contribution in [2.75, 3.05) is 14.2 Å². The monoisotopic (exact) mass is 394 g/mol. The van der Waals surface area contributed by atoms with Crippen LogP contribution < -0.4 is 9.47 Å². The second-order valence-electron chi connectivity index (χ2n) is 5.86. The first-order chi connectivity index (χ1) is 13.6. The van der Waals surface area contributed by atoms with Gasteiger partial charge in [0.1, 0.15) is 11.6 Å². The van der Waals surface area contributed by atoms with Gasteiger partial charge < -0.3 is 14.2 Å². The highest BCUT2D eigenvalue weighted by atomic mass is 32.1. The zero-order valence-corrected chi connectivity index (χ0v) is 16.3. The Balaban J connectivity index is 1.60. The first kappa shape index (κ1) is 19.4. The Morgan fingerprint density at radius 2 is 1.86 bits per heavy atom. The second-order valence-corrected chi connectivity index (χ2v) is 6.72. The van der Waals surface area contributed by atoms with Crippen LogP contribution >= 0.6 is 11.3 Å². The quantitative estimate of drug-likeness (QED) is 0.564. The number of carbonyl (C=O) groups is 1.